The zero-order valence-electron chi connectivity index (χ0n) is 8.97. The van der Waals surface area contributed by atoms with E-state index in [-0.39, 0.29) is 6.54 Å². The van der Waals surface area contributed by atoms with Crippen molar-refractivity contribution < 1.29 is 5.11 Å². The first kappa shape index (κ1) is 10.6. The Hall–Kier alpha value is -0.870. The lowest BCUT2D eigenvalue weighted by molar-refractivity contribution is 0.182. The molecule has 1 fully saturated rings. The molecule has 2 rings (SSSR count). The molecule has 1 aromatic heterocycles. The Balaban J connectivity index is 2.05. The third-order valence-electron chi connectivity index (χ3n) is 3.18. The minimum absolute atomic E-state index is 0.238. The van der Waals surface area contributed by atoms with Crippen LogP contribution >= 0.6 is 0 Å². The van der Waals surface area contributed by atoms with Crippen LogP contribution in [0.25, 0.3) is 0 Å². The summed E-state index contributed by atoms with van der Waals surface area (Å²) < 4.78 is 2.13. The van der Waals surface area contributed by atoms with E-state index in [9.17, 15) is 5.11 Å². The molecule has 4 nitrogen and oxygen atoms in total. The number of aromatic nitrogens is 2. The molecule has 1 aromatic rings. The maximum atomic E-state index is 9.54. The molecule has 1 aliphatic carbocycles. The summed E-state index contributed by atoms with van der Waals surface area (Å²) in [6.45, 7) is 0.238. The Morgan fingerprint density at radius 1 is 1.47 bits per heavy atom. The first-order valence-corrected chi connectivity index (χ1v) is 5.72. The van der Waals surface area contributed by atoms with Gasteiger partial charge in [-0.25, -0.2) is 4.98 Å². The predicted molar refractivity (Wildman–Crippen MR) is 58.4 cm³/mol. The van der Waals surface area contributed by atoms with Gasteiger partial charge in [0.25, 0.3) is 0 Å². The fourth-order valence-electron chi connectivity index (χ4n) is 2.22. The number of aliphatic hydroxyl groups excluding tert-OH is 1. The Morgan fingerprint density at radius 2 is 2.20 bits per heavy atom. The molecule has 1 unspecified atom stereocenters. The third-order valence-corrected chi connectivity index (χ3v) is 3.18. The summed E-state index contributed by atoms with van der Waals surface area (Å²) in [6, 6.07) is 0.574. The zero-order valence-corrected chi connectivity index (χ0v) is 8.97. The molecule has 0 bridgehead atoms. The maximum Gasteiger partial charge on any atom is 0.110 e. The summed E-state index contributed by atoms with van der Waals surface area (Å²) in [5.41, 5.74) is 6.09. The van der Waals surface area contributed by atoms with Gasteiger partial charge < -0.3 is 15.4 Å². The van der Waals surface area contributed by atoms with Crippen molar-refractivity contribution >= 4 is 0 Å². The first-order chi connectivity index (χ1) is 7.31. The van der Waals surface area contributed by atoms with Gasteiger partial charge in [0.15, 0.2) is 0 Å². The standard InChI is InChI=1S/C11H19N3O/c12-6-11(15)10-7-14(8-13-10)9-4-2-1-3-5-9/h7-9,11,15H,1-6,12H2. The van der Waals surface area contributed by atoms with Gasteiger partial charge in [0, 0.05) is 18.8 Å². The molecule has 84 valence electrons. The smallest absolute Gasteiger partial charge is 0.110 e. The van der Waals surface area contributed by atoms with Crippen LogP contribution < -0.4 is 5.73 Å². The lowest BCUT2D eigenvalue weighted by Crippen LogP contribution is -2.13. The molecule has 1 atom stereocenters. The van der Waals surface area contributed by atoms with Crippen molar-refractivity contribution in [2.45, 2.75) is 44.2 Å². The van der Waals surface area contributed by atoms with Crippen molar-refractivity contribution in [2.24, 2.45) is 5.73 Å². The summed E-state index contributed by atoms with van der Waals surface area (Å²) in [4.78, 5) is 4.20. The van der Waals surface area contributed by atoms with Crippen LogP contribution in [-0.2, 0) is 0 Å². The Bertz CT molecular complexity index is 305. The average molecular weight is 209 g/mol. The van der Waals surface area contributed by atoms with Gasteiger partial charge in [-0.1, -0.05) is 19.3 Å². The quantitative estimate of drug-likeness (QED) is 0.790. The maximum absolute atomic E-state index is 9.54. The van der Waals surface area contributed by atoms with Crippen molar-refractivity contribution in [3.63, 3.8) is 0 Å². The molecule has 0 saturated heterocycles. The molecule has 0 spiro atoms. The SMILES string of the molecule is NCC(O)c1cn(C2CCCCC2)cn1. The number of nitrogens with zero attached hydrogens (tertiary/aromatic N) is 2. The van der Waals surface area contributed by atoms with E-state index in [0.717, 1.165) is 0 Å². The predicted octanol–water partition coefficient (Wildman–Crippen LogP) is 1.38. The van der Waals surface area contributed by atoms with Crippen molar-refractivity contribution in [1.82, 2.24) is 9.55 Å². The molecule has 1 aliphatic rings. The molecule has 4 heteroatoms. The van der Waals surface area contributed by atoms with Gasteiger partial charge in [-0.05, 0) is 12.8 Å². The Kier molecular flexibility index (Phi) is 3.38. The average Bonchev–Trinajstić information content (AvgIpc) is 2.78. The number of hydrogen-bond donors (Lipinski definition) is 2. The summed E-state index contributed by atoms with van der Waals surface area (Å²) in [5.74, 6) is 0. The second-order valence-corrected chi connectivity index (χ2v) is 4.29. The highest BCUT2D eigenvalue weighted by molar-refractivity contribution is 5.02. The number of aliphatic hydroxyl groups is 1. The fraction of sp³-hybridized carbons (Fsp3) is 0.727. The molecular formula is C11H19N3O. The third kappa shape index (κ3) is 2.38. The topological polar surface area (TPSA) is 64.1 Å². The van der Waals surface area contributed by atoms with E-state index in [1.165, 1.54) is 32.1 Å². The van der Waals surface area contributed by atoms with Crippen LogP contribution in [0.1, 0.15) is 49.9 Å². The van der Waals surface area contributed by atoms with Gasteiger partial charge in [-0.2, -0.15) is 0 Å². The van der Waals surface area contributed by atoms with Crippen molar-refractivity contribution in [1.29, 1.82) is 0 Å². The van der Waals surface area contributed by atoms with Crippen molar-refractivity contribution in [2.75, 3.05) is 6.54 Å². The first-order valence-electron chi connectivity index (χ1n) is 5.72. The fourth-order valence-corrected chi connectivity index (χ4v) is 2.22. The van der Waals surface area contributed by atoms with Gasteiger partial charge in [0.05, 0.1) is 12.0 Å². The highest BCUT2D eigenvalue weighted by atomic mass is 16.3. The molecule has 1 heterocycles. The van der Waals surface area contributed by atoms with Crippen LogP contribution in [0.5, 0.6) is 0 Å². The number of rotatable bonds is 3. The molecule has 3 N–H and O–H groups in total. The van der Waals surface area contributed by atoms with Crippen LogP contribution in [-0.4, -0.2) is 21.2 Å². The van der Waals surface area contributed by atoms with E-state index in [0.29, 0.717) is 11.7 Å². The normalized spacial score (nSPS) is 20.4. The minimum Gasteiger partial charge on any atom is -0.385 e. The Labute approximate surface area is 90.1 Å². The molecule has 0 aromatic carbocycles. The van der Waals surface area contributed by atoms with E-state index < -0.39 is 6.10 Å². The van der Waals surface area contributed by atoms with Crippen LogP contribution in [0.3, 0.4) is 0 Å². The van der Waals surface area contributed by atoms with Gasteiger partial charge in [0.2, 0.25) is 0 Å². The number of nitrogens with two attached hydrogens (primary N) is 1. The Morgan fingerprint density at radius 3 is 2.87 bits per heavy atom. The molecule has 0 amide bonds. The highest BCUT2D eigenvalue weighted by Gasteiger charge is 2.16. The molecule has 1 saturated carbocycles. The lowest BCUT2D eigenvalue weighted by atomic mass is 9.95. The van der Waals surface area contributed by atoms with Gasteiger partial charge in [-0.3, -0.25) is 0 Å². The van der Waals surface area contributed by atoms with E-state index in [1.807, 2.05) is 12.5 Å². The second-order valence-electron chi connectivity index (χ2n) is 4.29. The molecule has 15 heavy (non-hydrogen) atoms. The molecule has 0 aliphatic heterocycles. The minimum atomic E-state index is -0.616. The summed E-state index contributed by atoms with van der Waals surface area (Å²) in [7, 11) is 0. The van der Waals surface area contributed by atoms with E-state index in [1.54, 1.807) is 0 Å². The van der Waals surface area contributed by atoms with Crippen LogP contribution in [0.2, 0.25) is 0 Å². The van der Waals surface area contributed by atoms with E-state index in [2.05, 4.69) is 9.55 Å². The van der Waals surface area contributed by atoms with Crippen LogP contribution in [0, 0.1) is 0 Å². The van der Waals surface area contributed by atoms with Crippen LogP contribution in [0.15, 0.2) is 12.5 Å². The van der Waals surface area contributed by atoms with Crippen molar-refractivity contribution in [3.8, 4) is 0 Å². The van der Waals surface area contributed by atoms with Crippen LogP contribution in [0.4, 0.5) is 0 Å². The summed E-state index contributed by atoms with van der Waals surface area (Å²) in [5, 5.41) is 9.54. The summed E-state index contributed by atoms with van der Waals surface area (Å²) in [6.07, 6.45) is 9.56. The zero-order chi connectivity index (χ0) is 10.7. The largest absolute Gasteiger partial charge is 0.385 e. The van der Waals surface area contributed by atoms with E-state index in [4.69, 9.17) is 5.73 Å². The van der Waals surface area contributed by atoms with Gasteiger partial charge >= 0.3 is 0 Å². The molecular weight excluding hydrogens is 190 g/mol. The highest BCUT2D eigenvalue weighted by Crippen LogP contribution is 2.28. The number of imidazole rings is 1. The monoisotopic (exact) mass is 209 g/mol. The van der Waals surface area contributed by atoms with Gasteiger partial charge in [-0.15, -0.1) is 0 Å². The van der Waals surface area contributed by atoms with E-state index >= 15 is 0 Å². The molecule has 0 radical (unpaired) electrons. The number of hydrogen-bond acceptors (Lipinski definition) is 3. The summed E-state index contributed by atoms with van der Waals surface area (Å²) >= 11 is 0. The lowest BCUT2D eigenvalue weighted by Gasteiger charge is -2.22. The van der Waals surface area contributed by atoms with Gasteiger partial charge in [0.1, 0.15) is 6.10 Å². The van der Waals surface area contributed by atoms with Crippen molar-refractivity contribution in [3.05, 3.63) is 18.2 Å². The second kappa shape index (κ2) is 4.77.